The van der Waals surface area contributed by atoms with E-state index in [2.05, 4.69) is 31.0 Å². The first kappa shape index (κ1) is 14.7. The van der Waals surface area contributed by atoms with Gasteiger partial charge in [0.15, 0.2) is 5.13 Å². The van der Waals surface area contributed by atoms with Gasteiger partial charge in [-0.3, -0.25) is 10.1 Å². The number of anilines is 1. The van der Waals surface area contributed by atoms with Gasteiger partial charge in [-0.25, -0.2) is 9.78 Å². The lowest BCUT2D eigenvalue weighted by Crippen LogP contribution is -2.11. The minimum absolute atomic E-state index is 0.281. The number of halogens is 1. The zero-order chi connectivity index (χ0) is 14.7. The molecule has 20 heavy (non-hydrogen) atoms. The summed E-state index contributed by atoms with van der Waals surface area (Å²) in [6.45, 7) is 1.69. The molecule has 1 aromatic carbocycles. The summed E-state index contributed by atoms with van der Waals surface area (Å²) >= 11 is 4.40. The summed E-state index contributed by atoms with van der Waals surface area (Å²) < 4.78 is 5.46. The number of amides is 1. The summed E-state index contributed by atoms with van der Waals surface area (Å²) in [4.78, 5) is 28.0. The molecule has 0 aliphatic rings. The standard InChI is InChI=1S/C13H11BrN2O3S/c1-7-10(12(18)19-2)20-13(15-7)16-11(17)8-4-3-5-9(14)6-8/h3-6H,1-2H3,(H,15,16,17). The molecule has 0 fully saturated rings. The zero-order valence-corrected chi connectivity index (χ0v) is 13.2. The lowest BCUT2D eigenvalue weighted by molar-refractivity contribution is 0.0605. The van der Waals surface area contributed by atoms with Crippen LogP contribution < -0.4 is 5.32 Å². The second-order valence-corrected chi connectivity index (χ2v) is 5.80. The maximum atomic E-state index is 12.0. The summed E-state index contributed by atoms with van der Waals surface area (Å²) in [7, 11) is 1.31. The molecule has 0 radical (unpaired) electrons. The average molecular weight is 355 g/mol. The highest BCUT2D eigenvalue weighted by Crippen LogP contribution is 2.24. The van der Waals surface area contributed by atoms with E-state index in [1.807, 2.05) is 6.07 Å². The number of ether oxygens (including phenoxy) is 1. The highest BCUT2D eigenvalue weighted by molar-refractivity contribution is 9.10. The Hall–Kier alpha value is -1.73. The van der Waals surface area contributed by atoms with Crippen LogP contribution in [-0.4, -0.2) is 24.0 Å². The van der Waals surface area contributed by atoms with Gasteiger partial charge in [0, 0.05) is 10.0 Å². The average Bonchev–Trinajstić information content (AvgIpc) is 2.78. The molecule has 0 aliphatic carbocycles. The van der Waals surface area contributed by atoms with Crippen LogP contribution in [0.15, 0.2) is 28.7 Å². The van der Waals surface area contributed by atoms with Crippen LogP contribution in [0, 0.1) is 6.92 Å². The van der Waals surface area contributed by atoms with Gasteiger partial charge in [0.2, 0.25) is 0 Å². The number of rotatable bonds is 3. The Kier molecular flexibility index (Phi) is 4.51. The Bertz CT molecular complexity index is 669. The first-order chi connectivity index (χ1) is 9.51. The quantitative estimate of drug-likeness (QED) is 0.859. The van der Waals surface area contributed by atoms with Crippen LogP contribution in [0.2, 0.25) is 0 Å². The fraction of sp³-hybridized carbons (Fsp3) is 0.154. The fourth-order valence-corrected chi connectivity index (χ4v) is 2.81. The number of aromatic nitrogens is 1. The van der Waals surface area contributed by atoms with Crippen molar-refractivity contribution in [2.75, 3.05) is 12.4 Å². The minimum Gasteiger partial charge on any atom is -0.465 e. The van der Waals surface area contributed by atoms with Gasteiger partial charge in [0.1, 0.15) is 4.88 Å². The van der Waals surface area contributed by atoms with Crippen molar-refractivity contribution in [3.8, 4) is 0 Å². The minimum atomic E-state index is -0.456. The van der Waals surface area contributed by atoms with Crippen LogP contribution in [0.4, 0.5) is 5.13 Å². The Morgan fingerprint density at radius 1 is 1.40 bits per heavy atom. The smallest absolute Gasteiger partial charge is 0.350 e. The predicted octanol–water partition coefficient (Wildman–Crippen LogP) is 3.25. The monoisotopic (exact) mass is 354 g/mol. The molecule has 1 N–H and O–H groups in total. The normalized spacial score (nSPS) is 10.2. The molecule has 0 saturated heterocycles. The summed E-state index contributed by atoms with van der Waals surface area (Å²) in [6, 6.07) is 7.00. The number of carbonyl (C=O) groups is 2. The van der Waals surface area contributed by atoms with Gasteiger partial charge in [0.25, 0.3) is 5.91 Å². The van der Waals surface area contributed by atoms with Gasteiger partial charge < -0.3 is 4.74 Å². The van der Waals surface area contributed by atoms with Crippen LogP contribution in [0.5, 0.6) is 0 Å². The van der Waals surface area contributed by atoms with Crippen molar-refractivity contribution in [1.82, 2.24) is 4.98 Å². The Labute approximate surface area is 128 Å². The number of hydrogen-bond acceptors (Lipinski definition) is 5. The number of thiazole rings is 1. The Balaban J connectivity index is 2.18. The molecule has 0 aliphatic heterocycles. The Morgan fingerprint density at radius 3 is 2.80 bits per heavy atom. The van der Waals surface area contributed by atoms with Crippen molar-refractivity contribution >= 4 is 44.3 Å². The topological polar surface area (TPSA) is 68.3 Å². The van der Waals surface area contributed by atoms with E-state index in [1.165, 1.54) is 7.11 Å². The van der Waals surface area contributed by atoms with E-state index < -0.39 is 5.97 Å². The van der Waals surface area contributed by atoms with Gasteiger partial charge >= 0.3 is 5.97 Å². The second-order valence-electron chi connectivity index (χ2n) is 3.89. The summed E-state index contributed by atoms with van der Waals surface area (Å²) in [5.41, 5.74) is 1.04. The van der Waals surface area contributed by atoms with Crippen LogP contribution in [0.1, 0.15) is 25.7 Å². The van der Waals surface area contributed by atoms with E-state index in [4.69, 9.17) is 0 Å². The third kappa shape index (κ3) is 3.23. The van der Waals surface area contributed by atoms with E-state index in [-0.39, 0.29) is 5.91 Å². The molecule has 0 atom stereocenters. The first-order valence-corrected chi connectivity index (χ1v) is 7.25. The molecule has 0 unspecified atom stereocenters. The van der Waals surface area contributed by atoms with Gasteiger partial charge in [-0.15, -0.1) is 0 Å². The molecule has 0 saturated carbocycles. The van der Waals surface area contributed by atoms with Crippen LogP contribution in [-0.2, 0) is 4.74 Å². The van der Waals surface area contributed by atoms with Crippen LogP contribution >= 0.6 is 27.3 Å². The first-order valence-electron chi connectivity index (χ1n) is 5.64. The highest BCUT2D eigenvalue weighted by atomic mass is 79.9. The largest absolute Gasteiger partial charge is 0.465 e. The molecule has 1 heterocycles. The number of esters is 1. The molecule has 5 nitrogen and oxygen atoms in total. The number of nitrogens with one attached hydrogen (secondary N) is 1. The highest BCUT2D eigenvalue weighted by Gasteiger charge is 2.17. The number of nitrogens with zero attached hydrogens (tertiary/aromatic N) is 1. The van der Waals surface area contributed by atoms with Gasteiger partial charge in [-0.1, -0.05) is 33.3 Å². The fourth-order valence-electron chi connectivity index (χ4n) is 1.53. The van der Waals surface area contributed by atoms with Crippen molar-refractivity contribution in [3.05, 3.63) is 44.9 Å². The third-order valence-corrected chi connectivity index (χ3v) is 4.02. The number of benzene rings is 1. The van der Waals surface area contributed by atoms with Crippen molar-refractivity contribution in [3.63, 3.8) is 0 Å². The molecule has 7 heteroatoms. The Morgan fingerprint density at radius 2 is 2.15 bits per heavy atom. The number of methoxy groups -OCH3 is 1. The number of aryl methyl sites for hydroxylation is 1. The van der Waals surface area contributed by atoms with E-state index in [0.29, 0.717) is 21.3 Å². The lowest BCUT2D eigenvalue weighted by Gasteiger charge is -2.01. The molecule has 2 aromatic rings. The molecule has 2 rings (SSSR count). The SMILES string of the molecule is COC(=O)c1sc(NC(=O)c2cccc(Br)c2)nc1C. The maximum Gasteiger partial charge on any atom is 0.350 e. The molecule has 0 bridgehead atoms. The van der Waals surface area contributed by atoms with Crippen molar-refractivity contribution in [2.24, 2.45) is 0 Å². The lowest BCUT2D eigenvalue weighted by atomic mass is 10.2. The molecular weight excluding hydrogens is 344 g/mol. The second kappa shape index (κ2) is 6.15. The third-order valence-electron chi connectivity index (χ3n) is 2.47. The van der Waals surface area contributed by atoms with E-state index >= 15 is 0 Å². The van der Waals surface area contributed by atoms with Crippen molar-refractivity contribution in [2.45, 2.75) is 6.92 Å². The van der Waals surface area contributed by atoms with E-state index in [0.717, 1.165) is 15.8 Å². The number of hydrogen-bond donors (Lipinski definition) is 1. The maximum absolute atomic E-state index is 12.0. The van der Waals surface area contributed by atoms with Gasteiger partial charge in [-0.05, 0) is 25.1 Å². The summed E-state index contributed by atoms with van der Waals surface area (Å²) in [5, 5.41) is 3.03. The van der Waals surface area contributed by atoms with Gasteiger partial charge in [-0.2, -0.15) is 0 Å². The molecule has 0 spiro atoms. The predicted molar refractivity (Wildman–Crippen MR) is 80.3 cm³/mol. The van der Waals surface area contributed by atoms with Crippen molar-refractivity contribution in [1.29, 1.82) is 0 Å². The summed E-state index contributed by atoms with van der Waals surface area (Å²) in [6.07, 6.45) is 0. The van der Waals surface area contributed by atoms with Crippen LogP contribution in [0.3, 0.4) is 0 Å². The summed E-state index contributed by atoms with van der Waals surface area (Å²) in [5.74, 6) is -0.737. The number of carbonyl (C=O) groups excluding carboxylic acids is 2. The molecule has 1 amide bonds. The zero-order valence-electron chi connectivity index (χ0n) is 10.8. The van der Waals surface area contributed by atoms with Crippen LogP contribution in [0.25, 0.3) is 0 Å². The van der Waals surface area contributed by atoms with Crippen molar-refractivity contribution < 1.29 is 14.3 Å². The molecular formula is C13H11BrN2O3S. The van der Waals surface area contributed by atoms with Gasteiger partial charge in [0.05, 0.1) is 12.8 Å². The molecule has 104 valence electrons. The van der Waals surface area contributed by atoms with E-state index in [1.54, 1.807) is 25.1 Å². The van der Waals surface area contributed by atoms with E-state index in [9.17, 15) is 9.59 Å². The molecule has 1 aromatic heterocycles.